The molecule has 2 aromatic rings. The monoisotopic (exact) mass is 339 g/mol. The molecule has 0 aliphatic carbocycles. The van der Waals surface area contributed by atoms with Crippen LogP contribution in [0.2, 0.25) is 0 Å². The molecule has 1 amide bonds. The molecule has 2 aliphatic rings. The third-order valence-corrected chi connectivity index (χ3v) is 5.32. The average Bonchev–Trinajstić information content (AvgIpc) is 3.25. The fraction of sp³-hybridized carbons (Fsp3) is 0.500. The summed E-state index contributed by atoms with van der Waals surface area (Å²) >= 11 is 0. The molecule has 25 heavy (non-hydrogen) atoms. The van der Waals surface area contributed by atoms with Gasteiger partial charge in [0.25, 0.3) is 0 Å². The Morgan fingerprint density at radius 2 is 2.04 bits per heavy atom. The molecule has 0 unspecified atom stereocenters. The number of nitrogens with zero attached hydrogens (tertiary/aromatic N) is 3. The highest BCUT2D eigenvalue weighted by Crippen LogP contribution is 2.24. The molecule has 132 valence electrons. The van der Waals surface area contributed by atoms with E-state index >= 15 is 0 Å². The van der Waals surface area contributed by atoms with Gasteiger partial charge in [-0.05, 0) is 32.7 Å². The number of aromatic nitrogens is 1. The van der Waals surface area contributed by atoms with Crippen LogP contribution < -0.4 is 0 Å². The van der Waals surface area contributed by atoms with E-state index in [2.05, 4.69) is 46.1 Å². The Balaban J connectivity index is 1.40. The van der Waals surface area contributed by atoms with Crippen molar-refractivity contribution in [2.24, 2.45) is 0 Å². The van der Waals surface area contributed by atoms with E-state index in [0.29, 0.717) is 11.9 Å². The van der Waals surface area contributed by atoms with Gasteiger partial charge >= 0.3 is 0 Å². The maximum Gasteiger partial charge on any atom is 0.222 e. The van der Waals surface area contributed by atoms with Gasteiger partial charge in [0, 0.05) is 37.2 Å². The first-order valence-electron chi connectivity index (χ1n) is 9.23. The maximum absolute atomic E-state index is 12.0. The van der Waals surface area contributed by atoms with E-state index in [-0.39, 0.29) is 0 Å². The molecular formula is C20H25N3O2. The lowest BCUT2D eigenvalue weighted by Crippen LogP contribution is -2.48. The summed E-state index contributed by atoms with van der Waals surface area (Å²) in [5.41, 5.74) is 3.21. The van der Waals surface area contributed by atoms with Crippen LogP contribution in [0.3, 0.4) is 0 Å². The molecule has 2 saturated heterocycles. The van der Waals surface area contributed by atoms with Crippen molar-refractivity contribution in [3.05, 3.63) is 41.7 Å². The zero-order valence-corrected chi connectivity index (χ0v) is 14.8. The predicted octanol–water partition coefficient (Wildman–Crippen LogP) is 3.24. The number of hydrogen-bond donors (Lipinski definition) is 0. The van der Waals surface area contributed by atoms with Crippen molar-refractivity contribution in [1.82, 2.24) is 15.0 Å². The standard InChI is InChI=1S/C20H25N3O2/c1-15-6-8-16(9-7-15)19-12-18(25-21-19)14-22-10-2-4-17(13-22)23-11-3-5-20(23)24/h6-9,12,17H,2-5,10-11,13-14H2,1H3/t17-/m1/s1. The largest absolute Gasteiger partial charge is 0.359 e. The Bertz CT molecular complexity index is 738. The van der Waals surface area contributed by atoms with Gasteiger partial charge in [-0.2, -0.15) is 0 Å². The number of carbonyl (C=O) groups excluding carboxylic acids is 1. The first kappa shape index (κ1) is 16.3. The van der Waals surface area contributed by atoms with E-state index in [0.717, 1.165) is 68.9 Å². The molecule has 2 aliphatic heterocycles. The molecule has 1 atom stereocenters. The van der Waals surface area contributed by atoms with Crippen LogP contribution in [-0.4, -0.2) is 46.5 Å². The van der Waals surface area contributed by atoms with Crippen LogP contribution in [0.25, 0.3) is 11.3 Å². The highest BCUT2D eigenvalue weighted by molar-refractivity contribution is 5.78. The van der Waals surface area contributed by atoms with Crippen molar-refractivity contribution in [3.63, 3.8) is 0 Å². The van der Waals surface area contributed by atoms with Crippen molar-refractivity contribution in [1.29, 1.82) is 0 Å². The van der Waals surface area contributed by atoms with Gasteiger partial charge in [0.15, 0.2) is 5.76 Å². The van der Waals surface area contributed by atoms with E-state index in [1.54, 1.807) is 0 Å². The van der Waals surface area contributed by atoms with Crippen LogP contribution in [0.15, 0.2) is 34.9 Å². The lowest BCUT2D eigenvalue weighted by atomic mass is 10.0. The van der Waals surface area contributed by atoms with Gasteiger partial charge in [-0.25, -0.2) is 0 Å². The van der Waals surface area contributed by atoms with E-state index in [1.807, 2.05) is 6.07 Å². The zero-order chi connectivity index (χ0) is 17.2. The third-order valence-electron chi connectivity index (χ3n) is 5.32. The Morgan fingerprint density at radius 3 is 2.80 bits per heavy atom. The highest BCUT2D eigenvalue weighted by Gasteiger charge is 2.31. The number of likely N-dealkylation sites (tertiary alicyclic amines) is 2. The minimum atomic E-state index is 0.327. The number of piperidine rings is 1. The fourth-order valence-electron chi connectivity index (χ4n) is 3.95. The molecule has 1 aromatic carbocycles. The van der Waals surface area contributed by atoms with Crippen LogP contribution in [0.1, 0.15) is 37.0 Å². The Morgan fingerprint density at radius 1 is 1.20 bits per heavy atom. The van der Waals surface area contributed by atoms with Crippen molar-refractivity contribution < 1.29 is 9.32 Å². The molecule has 2 fully saturated rings. The van der Waals surface area contributed by atoms with Crippen molar-refractivity contribution in [2.45, 2.75) is 45.2 Å². The second-order valence-electron chi connectivity index (χ2n) is 7.27. The van der Waals surface area contributed by atoms with E-state index in [1.165, 1.54) is 5.56 Å². The Labute approximate surface area is 148 Å². The van der Waals surface area contributed by atoms with Gasteiger partial charge < -0.3 is 9.42 Å². The topological polar surface area (TPSA) is 49.6 Å². The smallest absolute Gasteiger partial charge is 0.222 e. The van der Waals surface area contributed by atoms with E-state index in [9.17, 15) is 4.79 Å². The molecule has 3 heterocycles. The second-order valence-corrected chi connectivity index (χ2v) is 7.27. The van der Waals surface area contributed by atoms with Gasteiger partial charge in [-0.1, -0.05) is 35.0 Å². The summed E-state index contributed by atoms with van der Waals surface area (Å²) < 4.78 is 5.56. The molecular weight excluding hydrogens is 314 g/mol. The number of amides is 1. The number of benzene rings is 1. The SMILES string of the molecule is Cc1ccc(-c2cc(CN3CCC[C@@H](N4CCCC4=O)C3)on2)cc1. The zero-order valence-electron chi connectivity index (χ0n) is 14.8. The van der Waals surface area contributed by atoms with Gasteiger partial charge in [0.1, 0.15) is 5.69 Å². The van der Waals surface area contributed by atoms with E-state index in [4.69, 9.17) is 4.52 Å². The first-order valence-corrected chi connectivity index (χ1v) is 9.23. The second kappa shape index (κ2) is 7.00. The van der Waals surface area contributed by atoms with Gasteiger partial charge in [-0.15, -0.1) is 0 Å². The van der Waals surface area contributed by atoms with Crippen LogP contribution in [0.5, 0.6) is 0 Å². The Kier molecular flexibility index (Phi) is 4.57. The van der Waals surface area contributed by atoms with E-state index < -0.39 is 0 Å². The molecule has 0 bridgehead atoms. The predicted molar refractivity (Wildman–Crippen MR) is 95.9 cm³/mol. The number of carbonyl (C=O) groups is 1. The molecule has 4 rings (SSSR count). The van der Waals surface area contributed by atoms with Gasteiger partial charge in [-0.3, -0.25) is 9.69 Å². The number of aryl methyl sites for hydroxylation is 1. The number of rotatable bonds is 4. The quantitative estimate of drug-likeness (QED) is 0.858. The summed E-state index contributed by atoms with van der Waals surface area (Å²) in [6, 6.07) is 10.7. The van der Waals surface area contributed by atoms with Crippen LogP contribution in [0.4, 0.5) is 0 Å². The lowest BCUT2D eigenvalue weighted by molar-refractivity contribution is -0.130. The highest BCUT2D eigenvalue weighted by atomic mass is 16.5. The van der Waals surface area contributed by atoms with Crippen molar-refractivity contribution in [2.75, 3.05) is 19.6 Å². The molecule has 1 aromatic heterocycles. The maximum atomic E-state index is 12.0. The third kappa shape index (κ3) is 3.61. The van der Waals surface area contributed by atoms with Gasteiger partial charge in [0.05, 0.1) is 6.54 Å². The minimum Gasteiger partial charge on any atom is -0.359 e. The average molecular weight is 339 g/mol. The van der Waals surface area contributed by atoms with Crippen LogP contribution in [-0.2, 0) is 11.3 Å². The summed E-state index contributed by atoms with van der Waals surface area (Å²) in [4.78, 5) is 16.5. The normalized spacial score (nSPS) is 21.9. The van der Waals surface area contributed by atoms with Crippen molar-refractivity contribution in [3.8, 4) is 11.3 Å². The number of hydrogen-bond acceptors (Lipinski definition) is 4. The summed E-state index contributed by atoms with van der Waals surface area (Å²) in [6.45, 7) is 5.76. The molecule has 5 heteroatoms. The molecule has 0 saturated carbocycles. The van der Waals surface area contributed by atoms with Crippen molar-refractivity contribution >= 4 is 5.91 Å². The van der Waals surface area contributed by atoms with Crippen LogP contribution >= 0.6 is 0 Å². The molecule has 0 radical (unpaired) electrons. The first-order chi connectivity index (χ1) is 12.2. The summed E-state index contributed by atoms with van der Waals surface area (Å²) in [5.74, 6) is 1.22. The molecule has 0 spiro atoms. The minimum absolute atomic E-state index is 0.327. The summed E-state index contributed by atoms with van der Waals surface area (Å²) in [6.07, 6.45) is 3.98. The van der Waals surface area contributed by atoms with Gasteiger partial charge in [0.2, 0.25) is 5.91 Å². The summed E-state index contributed by atoms with van der Waals surface area (Å²) in [7, 11) is 0. The summed E-state index contributed by atoms with van der Waals surface area (Å²) in [5, 5.41) is 4.22. The Hall–Kier alpha value is -2.14. The molecule has 0 N–H and O–H groups in total. The lowest BCUT2D eigenvalue weighted by Gasteiger charge is -2.37. The fourth-order valence-corrected chi connectivity index (χ4v) is 3.95. The molecule has 5 nitrogen and oxygen atoms in total. The van der Waals surface area contributed by atoms with Crippen LogP contribution in [0, 0.1) is 6.92 Å².